The second-order valence-corrected chi connectivity index (χ2v) is 10.5. The molecule has 0 aromatic heterocycles. The molecule has 0 radical (unpaired) electrons. The maximum atomic E-state index is 13.3. The summed E-state index contributed by atoms with van der Waals surface area (Å²) in [5, 5.41) is -0.503. The highest BCUT2D eigenvalue weighted by molar-refractivity contribution is 9.10. The summed E-state index contributed by atoms with van der Waals surface area (Å²) >= 11 is 3.47. The van der Waals surface area contributed by atoms with Crippen molar-refractivity contribution in [1.29, 1.82) is 0 Å². The van der Waals surface area contributed by atoms with Crippen molar-refractivity contribution in [3.05, 3.63) is 58.6 Å². The quantitative estimate of drug-likeness (QED) is 0.525. The van der Waals surface area contributed by atoms with Crippen LogP contribution in [0.3, 0.4) is 0 Å². The molecule has 0 unspecified atom stereocenters. The van der Waals surface area contributed by atoms with E-state index in [1.165, 1.54) is 12.1 Å². The van der Waals surface area contributed by atoms with Gasteiger partial charge in [0.25, 0.3) is 5.91 Å². The summed E-state index contributed by atoms with van der Waals surface area (Å²) in [7, 11) is -3.36. The zero-order valence-electron chi connectivity index (χ0n) is 17.4. The molecule has 0 saturated heterocycles. The van der Waals surface area contributed by atoms with Gasteiger partial charge in [-0.25, -0.2) is 8.42 Å². The standard InChI is InChI=1S/C22H29BrN2O3S/c1-5-24(6-2)14-15-25(20-9-7-8-19(23)16-20)22(26)18-10-12-21(13-11-18)29(27,28)17(3)4/h7-13,16-17H,5-6,14-15H2,1-4H3. The molecule has 0 spiro atoms. The van der Waals surface area contributed by atoms with Gasteiger partial charge in [0, 0.05) is 28.8 Å². The summed E-state index contributed by atoms with van der Waals surface area (Å²) in [6.45, 7) is 10.6. The van der Waals surface area contributed by atoms with Gasteiger partial charge in [0.2, 0.25) is 0 Å². The second kappa shape index (κ2) is 10.4. The fraction of sp³-hybridized carbons (Fsp3) is 0.409. The SMILES string of the molecule is CCN(CC)CCN(C(=O)c1ccc(S(=O)(=O)C(C)C)cc1)c1cccc(Br)c1. The van der Waals surface area contributed by atoms with Crippen LogP contribution < -0.4 is 4.90 Å². The van der Waals surface area contributed by atoms with Crippen LogP contribution >= 0.6 is 15.9 Å². The van der Waals surface area contributed by atoms with Crippen molar-refractivity contribution in [1.82, 2.24) is 4.90 Å². The van der Waals surface area contributed by atoms with E-state index in [0.717, 1.165) is 29.8 Å². The Balaban J connectivity index is 2.33. The predicted molar refractivity (Wildman–Crippen MR) is 122 cm³/mol. The maximum absolute atomic E-state index is 13.3. The number of likely N-dealkylation sites (N-methyl/N-ethyl adjacent to an activating group) is 1. The highest BCUT2D eigenvalue weighted by Gasteiger charge is 2.22. The molecule has 0 N–H and O–H groups in total. The summed E-state index contributed by atoms with van der Waals surface area (Å²) in [5.41, 5.74) is 1.27. The zero-order chi connectivity index (χ0) is 21.6. The third-order valence-electron chi connectivity index (χ3n) is 4.95. The number of nitrogens with zero attached hydrogens (tertiary/aromatic N) is 2. The molecular weight excluding hydrogens is 452 g/mol. The molecule has 0 saturated carbocycles. The van der Waals surface area contributed by atoms with Gasteiger partial charge < -0.3 is 9.80 Å². The molecule has 1 amide bonds. The largest absolute Gasteiger partial charge is 0.307 e. The molecule has 7 heteroatoms. The Bertz CT molecular complexity index is 923. The number of anilines is 1. The van der Waals surface area contributed by atoms with Gasteiger partial charge in [0.1, 0.15) is 0 Å². The Kier molecular flexibility index (Phi) is 8.43. The van der Waals surface area contributed by atoms with Gasteiger partial charge in [0.05, 0.1) is 10.1 Å². The van der Waals surface area contributed by atoms with Gasteiger partial charge in [-0.05, 0) is 69.4 Å². The van der Waals surface area contributed by atoms with Crippen LogP contribution in [0.5, 0.6) is 0 Å². The third kappa shape index (κ3) is 5.90. The number of carbonyl (C=O) groups excluding carboxylic acids is 1. The average molecular weight is 481 g/mol. The van der Waals surface area contributed by atoms with Crippen LogP contribution in [-0.4, -0.2) is 50.7 Å². The van der Waals surface area contributed by atoms with Gasteiger partial charge in [-0.3, -0.25) is 4.79 Å². The molecule has 2 rings (SSSR count). The normalized spacial score (nSPS) is 11.8. The Morgan fingerprint density at radius 3 is 2.14 bits per heavy atom. The molecule has 0 fully saturated rings. The maximum Gasteiger partial charge on any atom is 0.258 e. The topological polar surface area (TPSA) is 57.7 Å². The van der Waals surface area contributed by atoms with Gasteiger partial charge in [-0.2, -0.15) is 0 Å². The van der Waals surface area contributed by atoms with Gasteiger partial charge in [-0.1, -0.05) is 35.8 Å². The number of amides is 1. The molecule has 0 aliphatic carbocycles. The zero-order valence-corrected chi connectivity index (χ0v) is 19.8. The summed E-state index contributed by atoms with van der Waals surface area (Å²) in [5.74, 6) is -0.149. The molecule has 29 heavy (non-hydrogen) atoms. The minimum atomic E-state index is -3.36. The molecular formula is C22H29BrN2O3S. The first-order valence-corrected chi connectivity index (χ1v) is 12.2. The average Bonchev–Trinajstić information content (AvgIpc) is 2.71. The summed E-state index contributed by atoms with van der Waals surface area (Å²) in [4.78, 5) is 17.5. The highest BCUT2D eigenvalue weighted by atomic mass is 79.9. The fourth-order valence-electron chi connectivity index (χ4n) is 2.99. The lowest BCUT2D eigenvalue weighted by Crippen LogP contribution is -2.39. The number of rotatable bonds is 9. The molecule has 0 aliphatic rings. The summed E-state index contributed by atoms with van der Waals surface area (Å²) in [6, 6.07) is 13.9. The summed E-state index contributed by atoms with van der Waals surface area (Å²) < 4.78 is 25.6. The third-order valence-corrected chi connectivity index (χ3v) is 7.61. The van der Waals surface area contributed by atoms with Crippen molar-refractivity contribution in [2.24, 2.45) is 0 Å². The number of hydrogen-bond acceptors (Lipinski definition) is 4. The van der Waals surface area contributed by atoms with E-state index in [0.29, 0.717) is 12.1 Å². The van der Waals surface area contributed by atoms with Crippen LogP contribution in [0.15, 0.2) is 57.9 Å². The molecule has 0 heterocycles. The number of halogens is 1. The lowest BCUT2D eigenvalue weighted by Gasteiger charge is -2.27. The van der Waals surface area contributed by atoms with Crippen LogP contribution in [0.25, 0.3) is 0 Å². The molecule has 0 bridgehead atoms. The molecule has 158 valence electrons. The second-order valence-electron chi connectivity index (χ2n) is 7.08. The van der Waals surface area contributed by atoms with E-state index in [-0.39, 0.29) is 10.8 Å². The van der Waals surface area contributed by atoms with Crippen LogP contribution in [0, 0.1) is 0 Å². The van der Waals surface area contributed by atoms with E-state index in [1.807, 2.05) is 24.3 Å². The first-order valence-electron chi connectivity index (χ1n) is 9.84. The lowest BCUT2D eigenvalue weighted by atomic mass is 10.1. The van der Waals surface area contributed by atoms with Crippen molar-refractivity contribution in [3.8, 4) is 0 Å². The predicted octanol–water partition coefficient (Wildman–Crippen LogP) is 4.62. The lowest BCUT2D eigenvalue weighted by molar-refractivity contribution is 0.0983. The number of hydrogen-bond donors (Lipinski definition) is 0. The van der Waals surface area contributed by atoms with E-state index in [1.54, 1.807) is 30.9 Å². The molecule has 0 atom stereocenters. The van der Waals surface area contributed by atoms with Crippen molar-refractivity contribution >= 4 is 37.4 Å². The van der Waals surface area contributed by atoms with Crippen LogP contribution in [0.4, 0.5) is 5.69 Å². The van der Waals surface area contributed by atoms with Crippen molar-refractivity contribution in [3.63, 3.8) is 0 Å². The van der Waals surface area contributed by atoms with E-state index in [9.17, 15) is 13.2 Å². The molecule has 2 aromatic rings. The van der Waals surface area contributed by atoms with Gasteiger partial charge >= 0.3 is 0 Å². The van der Waals surface area contributed by atoms with Gasteiger partial charge in [0.15, 0.2) is 9.84 Å². The van der Waals surface area contributed by atoms with Crippen LogP contribution in [0.2, 0.25) is 0 Å². The van der Waals surface area contributed by atoms with Crippen molar-refractivity contribution in [2.45, 2.75) is 37.8 Å². The van der Waals surface area contributed by atoms with Gasteiger partial charge in [-0.15, -0.1) is 0 Å². The Morgan fingerprint density at radius 1 is 1.00 bits per heavy atom. The first kappa shape index (κ1) is 23.6. The van der Waals surface area contributed by atoms with E-state index in [4.69, 9.17) is 0 Å². The number of benzene rings is 2. The van der Waals surface area contributed by atoms with E-state index < -0.39 is 15.1 Å². The number of sulfone groups is 1. The van der Waals surface area contributed by atoms with Crippen molar-refractivity contribution in [2.75, 3.05) is 31.1 Å². The van der Waals surface area contributed by atoms with Crippen LogP contribution in [-0.2, 0) is 9.84 Å². The van der Waals surface area contributed by atoms with Crippen LogP contribution in [0.1, 0.15) is 38.1 Å². The highest BCUT2D eigenvalue weighted by Crippen LogP contribution is 2.23. The minimum Gasteiger partial charge on any atom is -0.307 e. The Morgan fingerprint density at radius 2 is 1.62 bits per heavy atom. The smallest absolute Gasteiger partial charge is 0.258 e. The molecule has 0 aliphatic heterocycles. The first-order chi connectivity index (χ1) is 13.7. The minimum absolute atomic E-state index is 0.149. The Labute approximate surface area is 182 Å². The summed E-state index contributed by atoms with van der Waals surface area (Å²) in [6.07, 6.45) is 0. The van der Waals surface area contributed by atoms with Crippen molar-refractivity contribution < 1.29 is 13.2 Å². The molecule has 2 aromatic carbocycles. The number of carbonyl (C=O) groups is 1. The van der Waals surface area contributed by atoms with E-state index in [2.05, 4.69) is 34.7 Å². The monoisotopic (exact) mass is 480 g/mol. The Hall–Kier alpha value is -1.70. The fourth-order valence-corrected chi connectivity index (χ4v) is 4.44. The molecule has 5 nitrogen and oxygen atoms in total. The van der Waals surface area contributed by atoms with E-state index >= 15 is 0 Å².